The van der Waals surface area contributed by atoms with Gasteiger partial charge in [-0.2, -0.15) is 0 Å². The normalized spacial score (nSPS) is 18.3. The number of carbonyl (C=O) groups excluding carboxylic acids is 2. The van der Waals surface area contributed by atoms with E-state index in [0.29, 0.717) is 31.6 Å². The van der Waals surface area contributed by atoms with Crippen molar-refractivity contribution < 1.29 is 9.59 Å². The van der Waals surface area contributed by atoms with E-state index in [2.05, 4.69) is 10.3 Å². The Morgan fingerprint density at radius 1 is 1.55 bits per heavy atom. The van der Waals surface area contributed by atoms with Gasteiger partial charge in [0.1, 0.15) is 5.69 Å². The molecule has 22 heavy (non-hydrogen) atoms. The third-order valence-electron chi connectivity index (χ3n) is 3.41. The van der Waals surface area contributed by atoms with Crippen LogP contribution in [0.4, 0.5) is 0 Å². The Bertz CT molecular complexity index is 541. The Morgan fingerprint density at radius 3 is 2.77 bits per heavy atom. The molecule has 1 atom stereocenters. The van der Waals surface area contributed by atoms with Crippen LogP contribution in [0.3, 0.4) is 0 Å². The Kier molecular flexibility index (Phi) is 6.34. The van der Waals surface area contributed by atoms with Crippen LogP contribution in [0.15, 0.2) is 5.38 Å². The van der Waals surface area contributed by atoms with Crippen molar-refractivity contribution in [3.8, 4) is 0 Å². The maximum atomic E-state index is 12.2. The van der Waals surface area contributed by atoms with Gasteiger partial charge in [-0.1, -0.05) is 0 Å². The van der Waals surface area contributed by atoms with Crippen LogP contribution in [-0.4, -0.2) is 46.4 Å². The molecule has 3 N–H and O–H groups in total. The van der Waals surface area contributed by atoms with Gasteiger partial charge in [0.2, 0.25) is 5.91 Å². The van der Waals surface area contributed by atoms with Crippen LogP contribution in [-0.2, 0) is 11.2 Å². The molecule has 124 valence electrons. The van der Waals surface area contributed by atoms with Crippen molar-refractivity contribution in [3.05, 3.63) is 16.1 Å². The van der Waals surface area contributed by atoms with E-state index in [-0.39, 0.29) is 35.8 Å². The molecule has 2 heterocycles. The number of nitrogens with zero attached hydrogens (tertiary/aromatic N) is 2. The zero-order chi connectivity index (χ0) is 15.6. The van der Waals surface area contributed by atoms with Crippen LogP contribution in [0.2, 0.25) is 0 Å². The van der Waals surface area contributed by atoms with E-state index in [0.717, 1.165) is 5.01 Å². The minimum atomic E-state index is -0.219. The zero-order valence-electron chi connectivity index (χ0n) is 13.1. The van der Waals surface area contributed by atoms with Gasteiger partial charge in [0.15, 0.2) is 0 Å². The molecule has 2 rings (SSSR count). The lowest BCUT2D eigenvalue weighted by Gasteiger charge is -2.32. The van der Waals surface area contributed by atoms with Crippen molar-refractivity contribution in [1.29, 1.82) is 0 Å². The van der Waals surface area contributed by atoms with Gasteiger partial charge in [-0.15, -0.1) is 23.7 Å². The first kappa shape index (κ1) is 18.9. The molecule has 0 aromatic carbocycles. The number of nitrogens with two attached hydrogens (primary N) is 1. The van der Waals surface area contributed by atoms with Gasteiger partial charge in [0, 0.05) is 30.3 Å². The third-order valence-corrected chi connectivity index (χ3v) is 4.32. The summed E-state index contributed by atoms with van der Waals surface area (Å²) in [7, 11) is 0. The summed E-state index contributed by atoms with van der Waals surface area (Å²) in [5.74, 6) is -0.141. The fourth-order valence-electron chi connectivity index (χ4n) is 2.37. The summed E-state index contributed by atoms with van der Waals surface area (Å²) >= 11 is 1.44. The fourth-order valence-corrected chi connectivity index (χ4v) is 3.16. The highest BCUT2D eigenvalue weighted by molar-refractivity contribution is 7.09. The van der Waals surface area contributed by atoms with Gasteiger partial charge in [-0.25, -0.2) is 4.98 Å². The van der Waals surface area contributed by atoms with Crippen LogP contribution in [0.1, 0.15) is 42.7 Å². The van der Waals surface area contributed by atoms with Gasteiger partial charge in [-0.05, 0) is 27.3 Å². The third kappa shape index (κ3) is 4.41. The molecule has 2 amide bonds. The van der Waals surface area contributed by atoms with Crippen LogP contribution in [0.25, 0.3) is 0 Å². The number of halogens is 1. The smallest absolute Gasteiger partial charge is 0.271 e. The van der Waals surface area contributed by atoms with Crippen LogP contribution in [0, 0.1) is 0 Å². The number of carbonyl (C=O) groups is 2. The summed E-state index contributed by atoms with van der Waals surface area (Å²) in [5.41, 5.74) is 5.66. The Labute approximate surface area is 140 Å². The molecule has 1 aromatic rings. The summed E-state index contributed by atoms with van der Waals surface area (Å²) in [4.78, 5) is 30.2. The first-order valence-electron chi connectivity index (χ1n) is 7.07. The first-order valence-corrected chi connectivity index (χ1v) is 7.95. The van der Waals surface area contributed by atoms with Crippen molar-refractivity contribution in [3.63, 3.8) is 0 Å². The van der Waals surface area contributed by atoms with E-state index >= 15 is 0 Å². The van der Waals surface area contributed by atoms with Gasteiger partial charge < -0.3 is 16.0 Å². The van der Waals surface area contributed by atoms with Gasteiger partial charge in [-0.3, -0.25) is 9.59 Å². The van der Waals surface area contributed by atoms with E-state index in [1.54, 1.807) is 10.3 Å². The Hall–Kier alpha value is -1.18. The first-order chi connectivity index (χ1) is 9.81. The topological polar surface area (TPSA) is 88.3 Å². The highest BCUT2D eigenvalue weighted by Crippen LogP contribution is 2.22. The lowest BCUT2D eigenvalue weighted by atomic mass is 10.1. The zero-order valence-corrected chi connectivity index (χ0v) is 14.7. The summed E-state index contributed by atoms with van der Waals surface area (Å²) in [5, 5.41) is 5.49. The second-order valence-corrected chi connectivity index (χ2v) is 7.16. The average Bonchev–Trinajstić information content (AvgIpc) is 2.96. The number of thiazole rings is 1. The highest BCUT2D eigenvalue weighted by Gasteiger charge is 2.36. The summed E-state index contributed by atoms with van der Waals surface area (Å²) < 4.78 is 0. The Balaban J connectivity index is 0.00000242. The molecule has 1 fully saturated rings. The lowest BCUT2D eigenvalue weighted by Crippen LogP contribution is -2.44. The van der Waals surface area contributed by atoms with Crippen molar-refractivity contribution in [2.45, 2.75) is 45.2 Å². The van der Waals surface area contributed by atoms with Gasteiger partial charge >= 0.3 is 0 Å². The maximum absolute atomic E-state index is 12.2. The van der Waals surface area contributed by atoms with Crippen molar-refractivity contribution >= 4 is 35.6 Å². The van der Waals surface area contributed by atoms with E-state index in [1.807, 2.05) is 20.8 Å². The van der Waals surface area contributed by atoms with Crippen molar-refractivity contribution in [1.82, 2.24) is 15.2 Å². The summed E-state index contributed by atoms with van der Waals surface area (Å²) in [6, 6.07) is -0.149. The van der Waals surface area contributed by atoms with Crippen molar-refractivity contribution in [2.24, 2.45) is 5.73 Å². The molecule has 1 aromatic heterocycles. The van der Waals surface area contributed by atoms with Crippen molar-refractivity contribution in [2.75, 3.05) is 13.1 Å². The predicted octanol–water partition coefficient (Wildman–Crippen LogP) is 1.20. The minimum Gasteiger partial charge on any atom is -0.346 e. The standard InChI is InChI=1S/C14H22N4O2S.ClH/c1-14(2,3)18-7-9(6-12(18)19)16-13(20)10-8-21-11(17-10)4-5-15;/h8-9H,4-7,15H2,1-3H3,(H,16,20);1H. The number of aromatic nitrogens is 1. The van der Waals surface area contributed by atoms with Crippen LogP contribution < -0.4 is 11.1 Å². The van der Waals surface area contributed by atoms with Gasteiger partial charge in [0.05, 0.1) is 11.0 Å². The SMILES string of the molecule is CC(C)(C)N1CC(NC(=O)c2csc(CCN)n2)CC1=O.Cl. The number of likely N-dealkylation sites (tertiary alicyclic amines) is 1. The number of rotatable bonds is 4. The highest BCUT2D eigenvalue weighted by atomic mass is 35.5. The molecule has 0 spiro atoms. The maximum Gasteiger partial charge on any atom is 0.271 e. The number of amides is 2. The number of hydrogen-bond acceptors (Lipinski definition) is 5. The molecule has 1 aliphatic heterocycles. The number of nitrogens with one attached hydrogen (secondary N) is 1. The summed E-state index contributed by atoms with van der Waals surface area (Å²) in [6.45, 7) is 7.05. The quantitative estimate of drug-likeness (QED) is 0.857. The minimum absolute atomic E-state index is 0. The molecule has 1 aliphatic rings. The van der Waals surface area contributed by atoms with E-state index < -0.39 is 0 Å². The van der Waals surface area contributed by atoms with Crippen LogP contribution >= 0.6 is 23.7 Å². The molecule has 0 aliphatic carbocycles. The largest absolute Gasteiger partial charge is 0.346 e. The molecular formula is C14H23ClN4O2S. The van der Waals surface area contributed by atoms with Gasteiger partial charge in [0.25, 0.3) is 5.91 Å². The predicted molar refractivity (Wildman–Crippen MR) is 89.5 cm³/mol. The molecule has 1 unspecified atom stereocenters. The average molecular weight is 347 g/mol. The second kappa shape index (κ2) is 7.39. The Morgan fingerprint density at radius 2 is 2.23 bits per heavy atom. The van der Waals surface area contributed by atoms with E-state index in [9.17, 15) is 9.59 Å². The summed E-state index contributed by atoms with van der Waals surface area (Å²) in [6.07, 6.45) is 1.03. The molecule has 1 saturated heterocycles. The lowest BCUT2D eigenvalue weighted by molar-refractivity contribution is -0.131. The molecule has 8 heteroatoms. The van der Waals surface area contributed by atoms with Crippen LogP contribution in [0.5, 0.6) is 0 Å². The molecule has 0 bridgehead atoms. The molecule has 0 radical (unpaired) electrons. The molecule has 0 saturated carbocycles. The van der Waals surface area contributed by atoms with E-state index in [1.165, 1.54) is 11.3 Å². The fraction of sp³-hybridized carbons (Fsp3) is 0.643. The second-order valence-electron chi connectivity index (χ2n) is 6.21. The monoisotopic (exact) mass is 346 g/mol. The number of hydrogen-bond donors (Lipinski definition) is 2. The van der Waals surface area contributed by atoms with E-state index in [4.69, 9.17) is 5.73 Å². The molecular weight excluding hydrogens is 324 g/mol. The molecule has 6 nitrogen and oxygen atoms in total.